The van der Waals surface area contributed by atoms with Gasteiger partial charge in [-0.2, -0.15) is 0 Å². The lowest BCUT2D eigenvalue weighted by atomic mass is 9.97. The van der Waals surface area contributed by atoms with Crippen LogP contribution in [0.1, 0.15) is 11.6 Å². The van der Waals surface area contributed by atoms with E-state index in [0.29, 0.717) is 0 Å². The van der Waals surface area contributed by atoms with Gasteiger partial charge in [-0.05, 0) is 17.0 Å². The molecule has 3 rings (SSSR count). The van der Waals surface area contributed by atoms with Crippen LogP contribution in [0.3, 0.4) is 0 Å². The lowest BCUT2D eigenvalue weighted by Gasteiger charge is -2.34. The van der Waals surface area contributed by atoms with Gasteiger partial charge in [0.25, 0.3) is 0 Å². The van der Waals surface area contributed by atoms with E-state index in [0.717, 1.165) is 42.7 Å². The van der Waals surface area contributed by atoms with Crippen LogP contribution in [0.25, 0.3) is 10.8 Å². The van der Waals surface area contributed by atoms with Gasteiger partial charge in [-0.3, -0.25) is 4.90 Å². The summed E-state index contributed by atoms with van der Waals surface area (Å²) >= 11 is 0. The molecule has 0 spiro atoms. The number of hydrogen-bond acceptors (Lipinski definition) is 4. The maximum atomic E-state index is 9.92. The van der Waals surface area contributed by atoms with E-state index < -0.39 is 0 Å². The predicted molar refractivity (Wildman–Crippen MR) is 84.8 cm³/mol. The Labute approximate surface area is 125 Å². The first-order valence-electron chi connectivity index (χ1n) is 7.46. The topological polar surface area (TPSA) is 44.7 Å². The molecule has 0 bridgehead atoms. The summed E-state index contributed by atoms with van der Waals surface area (Å²) in [6.45, 7) is 4.02. The molecular weight excluding hydrogens is 264 g/mol. The number of fused-ring (bicyclic) bond motifs is 1. The number of methoxy groups -OCH3 is 1. The second kappa shape index (κ2) is 6.43. The van der Waals surface area contributed by atoms with Crippen LogP contribution in [0.2, 0.25) is 0 Å². The van der Waals surface area contributed by atoms with Crippen molar-refractivity contribution in [1.82, 2.24) is 10.2 Å². The third-order valence-corrected chi connectivity index (χ3v) is 4.26. The van der Waals surface area contributed by atoms with Crippen molar-refractivity contribution in [3.8, 4) is 5.75 Å². The van der Waals surface area contributed by atoms with E-state index in [-0.39, 0.29) is 12.6 Å². The molecule has 1 atom stereocenters. The van der Waals surface area contributed by atoms with Crippen LogP contribution in [0.15, 0.2) is 36.4 Å². The lowest BCUT2D eigenvalue weighted by molar-refractivity contribution is 0.111. The minimum atomic E-state index is 0.0444. The number of ether oxygens (including phenoxy) is 1. The number of aliphatic hydroxyl groups excluding tert-OH is 1. The van der Waals surface area contributed by atoms with Crippen LogP contribution in [-0.2, 0) is 0 Å². The molecule has 0 saturated carbocycles. The summed E-state index contributed by atoms with van der Waals surface area (Å²) in [6, 6.07) is 12.4. The molecule has 112 valence electrons. The van der Waals surface area contributed by atoms with E-state index in [1.54, 1.807) is 7.11 Å². The minimum Gasteiger partial charge on any atom is -0.496 e. The zero-order valence-electron chi connectivity index (χ0n) is 12.4. The Morgan fingerprint density at radius 3 is 2.52 bits per heavy atom. The Hall–Kier alpha value is -1.62. The summed E-state index contributed by atoms with van der Waals surface area (Å²) in [5, 5.41) is 15.5. The van der Waals surface area contributed by atoms with E-state index in [1.807, 2.05) is 18.2 Å². The maximum absolute atomic E-state index is 9.92. The fourth-order valence-corrected chi connectivity index (χ4v) is 3.17. The van der Waals surface area contributed by atoms with Crippen LogP contribution >= 0.6 is 0 Å². The van der Waals surface area contributed by atoms with Gasteiger partial charge in [0.2, 0.25) is 0 Å². The highest BCUT2D eigenvalue weighted by Gasteiger charge is 2.23. The van der Waals surface area contributed by atoms with E-state index in [2.05, 4.69) is 28.4 Å². The number of nitrogens with zero attached hydrogens (tertiary/aromatic N) is 1. The fraction of sp³-hybridized carbons (Fsp3) is 0.412. The lowest BCUT2D eigenvalue weighted by Crippen LogP contribution is -2.46. The highest BCUT2D eigenvalue weighted by molar-refractivity contribution is 5.91. The molecule has 0 aromatic heterocycles. The Balaban J connectivity index is 2.05. The second-order valence-corrected chi connectivity index (χ2v) is 5.39. The summed E-state index contributed by atoms with van der Waals surface area (Å²) in [4.78, 5) is 2.35. The number of aliphatic hydroxyl groups is 1. The minimum absolute atomic E-state index is 0.0444. The average Bonchev–Trinajstić information content (AvgIpc) is 2.56. The number of nitrogens with one attached hydrogen (secondary N) is 1. The maximum Gasteiger partial charge on any atom is 0.126 e. The van der Waals surface area contributed by atoms with Crippen molar-refractivity contribution in [2.45, 2.75) is 6.04 Å². The predicted octanol–water partition coefficient (Wildman–Crippen LogP) is 1.79. The van der Waals surface area contributed by atoms with Gasteiger partial charge < -0.3 is 15.2 Å². The zero-order valence-corrected chi connectivity index (χ0v) is 12.4. The largest absolute Gasteiger partial charge is 0.496 e. The Morgan fingerprint density at radius 2 is 1.86 bits per heavy atom. The van der Waals surface area contributed by atoms with Crippen molar-refractivity contribution in [1.29, 1.82) is 0 Å². The Bertz CT molecular complexity index is 609. The molecule has 2 N–H and O–H groups in total. The molecule has 2 aromatic rings. The van der Waals surface area contributed by atoms with E-state index >= 15 is 0 Å². The van der Waals surface area contributed by atoms with Gasteiger partial charge in [0, 0.05) is 31.6 Å². The number of benzene rings is 2. The van der Waals surface area contributed by atoms with Crippen LogP contribution in [0.5, 0.6) is 5.75 Å². The third-order valence-electron chi connectivity index (χ3n) is 4.26. The number of rotatable bonds is 4. The average molecular weight is 286 g/mol. The van der Waals surface area contributed by atoms with Crippen LogP contribution in [0.4, 0.5) is 0 Å². The van der Waals surface area contributed by atoms with Crippen molar-refractivity contribution >= 4 is 10.8 Å². The third kappa shape index (κ3) is 2.75. The molecule has 0 amide bonds. The van der Waals surface area contributed by atoms with Gasteiger partial charge in [0.15, 0.2) is 0 Å². The molecule has 4 heteroatoms. The first-order valence-corrected chi connectivity index (χ1v) is 7.46. The molecule has 2 aromatic carbocycles. The second-order valence-electron chi connectivity index (χ2n) is 5.39. The van der Waals surface area contributed by atoms with Crippen molar-refractivity contribution in [2.75, 3.05) is 39.9 Å². The summed E-state index contributed by atoms with van der Waals surface area (Å²) in [5.74, 6) is 0.881. The standard InChI is InChI=1S/C17H22N2O2/c1-21-17-7-6-14(13-4-2-3-5-15(13)17)16(12-20)19-10-8-18-9-11-19/h2-7,16,18,20H,8-12H2,1H3/t16-/m0/s1. The van der Waals surface area contributed by atoms with Crippen molar-refractivity contribution in [2.24, 2.45) is 0 Å². The van der Waals surface area contributed by atoms with Gasteiger partial charge in [-0.15, -0.1) is 0 Å². The van der Waals surface area contributed by atoms with Crippen molar-refractivity contribution in [3.05, 3.63) is 42.0 Å². The molecule has 4 nitrogen and oxygen atoms in total. The highest BCUT2D eigenvalue weighted by atomic mass is 16.5. The monoisotopic (exact) mass is 286 g/mol. The normalized spacial score (nSPS) is 17.8. The SMILES string of the molecule is COc1ccc([C@H](CO)N2CCNCC2)c2ccccc12. The molecule has 0 radical (unpaired) electrons. The summed E-state index contributed by atoms with van der Waals surface area (Å²) in [5.41, 5.74) is 1.18. The molecule has 1 fully saturated rings. The molecule has 1 aliphatic heterocycles. The van der Waals surface area contributed by atoms with Gasteiger partial charge in [0.1, 0.15) is 5.75 Å². The van der Waals surface area contributed by atoms with Crippen molar-refractivity contribution < 1.29 is 9.84 Å². The fourth-order valence-electron chi connectivity index (χ4n) is 3.17. The zero-order chi connectivity index (χ0) is 14.7. The van der Waals surface area contributed by atoms with Crippen molar-refractivity contribution in [3.63, 3.8) is 0 Å². The molecule has 0 unspecified atom stereocenters. The van der Waals surface area contributed by atoms with E-state index in [9.17, 15) is 5.11 Å². The molecule has 21 heavy (non-hydrogen) atoms. The summed E-state index contributed by atoms with van der Waals surface area (Å²) in [6.07, 6.45) is 0. The molecule has 0 aliphatic carbocycles. The van der Waals surface area contributed by atoms with Crippen LogP contribution in [0, 0.1) is 0 Å². The van der Waals surface area contributed by atoms with Gasteiger partial charge in [-0.25, -0.2) is 0 Å². The van der Waals surface area contributed by atoms with E-state index in [4.69, 9.17) is 4.74 Å². The Morgan fingerprint density at radius 1 is 1.14 bits per heavy atom. The van der Waals surface area contributed by atoms with Gasteiger partial charge in [0.05, 0.1) is 19.8 Å². The number of hydrogen-bond donors (Lipinski definition) is 2. The van der Waals surface area contributed by atoms with Crippen LogP contribution < -0.4 is 10.1 Å². The highest BCUT2D eigenvalue weighted by Crippen LogP contribution is 2.33. The molecule has 1 aliphatic rings. The molecule has 1 heterocycles. The quantitative estimate of drug-likeness (QED) is 0.899. The van der Waals surface area contributed by atoms with Gasteiger partial charge in [-0.1, -0.05) is 30.3 Å². The molecule has 1 saturated heterocycles. The molecular formula is C17H22N2O2. The number of piperazine rings is 1. The first-order chi connectivity index (χ1) is 10.3. The van der Waals surface area contributed by atoms with Crippen LogP contribution in [-0.4, -0.2) is 49.9 Å². The Kier molecular flexibility index (Phi) is 4.39. The summed E-state index contributed by atoms with van der Waals surface area (Å²) in [7, 11) is 1.70. The first kappa shape index (κ1) is 14.3. The summed E-state index contributed by atoms with van der Waals surface area (Å²) < 4.78 is 5.46. The van der Waals surface area contributed by atoms with E-state index in [1.165, 1.54) is 5.56 Å². The smallest absolute Gasteiger partial charge is 0.126 e. The van der Waals surface area contributed by atoms with Gasteiger partial charge >= 0.3 is 0 Å².